The summed E-state index contributed by atoms with van der Waals surface area (Å²) in [5.74, 6) is -0.202. The van der Waals surface area contributed by atoms with Crippen LogP contribution in [-0.4, -0.2) is 23.8 Å². The Labute approximate surface area is 193 Å². The number of methoxy groups -OCH3 is 1. The first-order valence-corrected chi connectivity index (χ1v) is 11.2. The van der Waals surface area contributed by atoms with E-state index in [2.05, 4.69) is 4.99 Å². The molecule has 0 unspecified atom stereocenters. The van der Waals surface area contributed by atoms with Crippen molar-refractivity contribution in [2.75, 3.05) is 7.11 Å². The van der Waals surface area contributed by atoms with Gasteiger partial charge in [0.1, 0.15) is 11.6 Å². The molecule has 1 aliphatic rings. The van der Waals surface area contributed by atoms with Crippen LogP contribution >= 0.6 is 11.3 Å². The third-order valence-electron chi connectivity index (χ3n) is 5.18. The number of carbonyl (C=O) groups is 1. The van der Waals surface area contributed by atoms with E-state index in [0.29, 0.717) is 31.9 Å². The van der Waals surface area contributed by atoms with Gasteiger partial charge in [0.2, 0.25) is 0 Å². The zero-order valence-electron chi connectivity index (χ0n) is 18.7. The van der Waals surface area contributed by atoms with Crippen LogP contribution in [0.15, 0.2) is 69.6 Å². The molecule has 1 aliphatic heterocycles. The molecule has 0 N–H and O–H groups in total. The number of nitrogens with zero attached hydrogens (tertiary/aromatic N) is 2. The number of rotatable bonds is 5. The molecular formula is C25H23FN2O4S. The van der Waals surface area contributed by atoms with Crippen LogP contribution in [0.1, 0.15) is 37.9 Å². The van der Waals surface area contributed by atoms with Crippen molar-refractivity contribution >= 4 is 23.4 Å². The second-order valence-electron chi connectivity index (χ2n) is 7.86. The fourth-order valence-electron chi connectivity index (χ4n) is 3.67. The molecule has 6 nitrogen and oxygen atoms in total. The molecule has 3 aromatic rings. The molecule has 0 amide bonds. The number of allylic oxidation sites excluding steroid dienone is 1. The number of aromatic nitrogens is 1. The molecule has 33 heavy (non-hydrogen) atoms. The SMILES string of the molecule is COc1ccc([C@H]2C(C(=O)OC(C)C)=C(C)N=c3s/c(=C\c4ccc(F)cc4)c(=O)n32)cc1. The molecule has 0 fully saturated rings. The fraction of sp³-hybridized carbons (Fsp3) is 0.240. The van der Waals surface area contributed by atoms with Gasteiger partial charge >= 0.3 is 5.97 Å². The second-order valence-corrected chi connectivity index (χ2v) is 8.87. The van der Waals surface area contributed by atoms with E-state index in [9.17, 15) is 14.0 Å². The summed E-state index contributed by atoms with van der Waals surface area (Å²) < 4.78 is 26.0. The molecule has 0 saturated carbocycles. The van der Waals surface area contributed by atoms with E-state index in [1.807, 2.05) is 12.1 Å². The average molecular weight is 467 g/mol. The van der Waals surface area contributed by atoms with Crippen molar-refractivity contribution in [1.29, 1.82) is 0 Å². The zero-order chi connectivity index (χ0) is 23.7. The van der Waals surface area contributed by atoms with Crippen LogP contribution in [0.3, 0.4) is 0 Å². The second kappa shape index (κ2) is 9.15. The number of hydrogen-bond donors (Lipinski definition) is 0. The van der Waals surface area contributed by atoms with Crippen LogP contribution in [0.2, 0.25) is 0 Å². The van der Waals surface area contributed by atoms with Crippen molar-refractivity contribution in [3.8, 4) is 5.75 Å². The molecular weight excluding hydrogens is 443 g/mol. The van der Waals surface area contributed by atoms with Crippen molar-refractivity contribution < 1.29 is 18.7 Å². The lowest BCUT2D eigenvalue weighted by Crippen LogP contribution is -2.40. The molecule has 0 aliphatic carbocycles. The molecule has 1 aromatic heterocycles. The number of thiazole rings is 1. The Balaban J connectivity index is 1.92. The summed E-state index contributed by atoms with van der Waals surface area (Å²) in [6, 6.07) is 12.4. The molecule has 0 saturated heterocycles. The molecule has 0 bridgehead atoms. The highest BCUT2D eigenvalue weighted by molar-refractivity contribution is 7.07. The van der Waals surface area contributed by atoms with Crippen LogP contribution in [0, 0.1) is 5.82 Å². The van der Waals surface area contributed by atoms with Gasteiger partial charge in [-0.1, -0.05) is 35.6 Å². The molecule has 0 radical (unpaired) electrons. The fourth-order valence-corrected chi connectivity index (χ4v) is 4.72. The molecule has 0 spiro atoms. The van der Waals surface area contributed by atoms with Gasteiger partial charge in [0, 0.05) is 0 Å². The van der Waals surface area contributed by atoms with E-state index in [-0.39, 0.29) is 17.5 Å². The van der Waals surface area contributed by atoms with Gasteiger partial charge < -0.3 is 9.47 Å². The zero-order valence-corrected chi connectivity index (χ0v) is 19.5. The van der Waals surface area contributed by atoms with Crippen molar-refractivity contribution in [1.82, 2.24) is 4.57 Å². The summed E-state index contributed by atoms with van der Waals surface area (Å²) in [6.45, 7) is 5.28. The number of carbonyl (C=O) groups excluding carboxylic acids is 1. The van der Waals surface area contributed by atoms with Gasteiger partial charge in [-0.25, -0.2) is 14.2 Å². The summed E-state index contributed by atoms with van der Waals surface area (Å²) in [5.41, 5.74) is 1.95. The Morgan fingerprint density at radius 2 is 1.82 bits per heavy atom. The maximum absolute atomic E-state index is 13.5. The average Bonchev–Trinajstić information content (AvgIpc) is 3.08. The van der Waals surface area contributed by atoms with Gasteiger partial charge in [-0.2, -0.15) is 0 Å². The smallest absolute Gasteiger partial charge is 0.338 e. The first kappa shape index (κ1) is 22.7. The largest absolute Gasteiger partial charge is 0.497 e. The molecule has 4 rings (SSSR count). The van der Waals surface area contributed by atoms with Crippen molar-refractivity contribution in [2.24, 2.45) is 4.99 Å². The van der Waals surface area contributed by atoms with Crippen molar-refractivity contribution in [3.05, 3.63) is 96.4 Å². The number of esters is 1. The maximum atomic E-state index is 13.5. The quantitative estimate of drug-likeness (QED) is 0.541. The van der Waals surface area contributed by atoms with Gasteiger partial charge in [0.15, 0.2) is 4.80 Å². The number of ether oxygens (including phenoxy) is 2. The van der Waals surface area contributed by atoms with Gasteiger partial charge in [-0.05, 0) is 62.2 Å². The summed E-state index contributed by atoms with van der Waals surface area (Å²) in [5, 5.41) is 0. The van der Waals surface area contributed by atoms with Crippen LogP contribution in [0.25, 0.3) is 6.08 Å². The predicted octanol–water partition coefficient (Wildman–Crippen LogP) is 3.33. The minimum Gasteiger partial charge on any atom is -0.497 e. The van der Waals surface area contributed by atoms with E-state index in [1.54, 1.807) is 58.2 Å². The van der Waals surface area contributed by atoms with E-state index in [0.717, 1.165) is 5.56 Å². The number of halogens is 1. The first-order chi connectivity index (χ1) is 15.8. The van der Waals surface area contributed by atoms with E-state index in [4.69, 9.17) is 9.47 Å². The van der Waals surface area contributed by atoms with E-state index >= 15 is 0 Å². The van der Waals surface area contributed by atoms with E-state index < -0.39 is 12.0 Å². The van der Waals surface area contributed by atoms with Crippen molar-refractivity contribution in [2.45, 2.75) is 32.9 Å². The number of benzene rings is 2. The Hall–Kier alpha value is -3.52. The standard InChI is InChI=1S/C25H23FN2O4S/c1-14(2)32-24(30)21-15(3)27-25-28(22(21)17-7-11-19(31-4)12-8-17)23(29)20(33-25)13-16-5-9-18(26)10-6-16/h5-14,22H,1-4H3/b20-13-/t22-/m0/s1. The molecule has 170 valence electrons. The lowest BCUT2D eigenvalue weighted by Gasteiger charge is -2.25. The van der Waals surface area contributed by atoms with Gasteiger partial charge in [-0.15, -0.1) is 0 Å². The third kappa shape index (κ3) is 4.52. The van der Waals surface area contributed by atoms with Crippen LogP contribution in [0.5, 0.6) is 5.75 Å². The number of hydrogen-bond acceptors (Lipinski definition) is 6. The maximum Gasteiger partial charge on any atom is 0.338 e. The Bertz CT molecular complexity index is 1400. The lowest BCUT2D eigenvalue weighted by molar-refractivity contribution is -0.143. The van der Waals surface area contributed by atoms with Crippen LogP contribution in [-0.2, 0) is 9.53 Å². The van der Waals surface area contributed by atoms with Crippen LogP contribution in [0.4, 0.5) is 4.39 Å². The minimum absolute atomic E-state index is 0.286. The van der Waals surface area contributed by atoms with Crippen molar-refractivity contribution in [3.63, 3.8) is 0 Å². The third-order valence-corrected chi connectivity index (χ3v) is 6.17. The Kier molecular flexibility index (Phi) is 6.29. The number of fused-ring (bicyclic) bond motifs is 1. The predicted molar refractivity (Wildman–Crippen MR) is 124 cm³/mol. The minimum atomic E-state index is -0.700. The normalized spacial score (nSPS) is 15.9. The highest BCUT2D eigenvalue weighted by Gasteiger charge is 2.33. The molecule has 2 heterocycles. The highest BCUT2D eigenvalue weighted by Crippen LogP contribution is 2.31. The highest BCUT2D eigenvalue weighted by atomic mass is 32.1. The van der Waals surface area contributed by atoms with E-state index in [1.165, 1.54) is 28.0 Å². The Morgan fingerprint density at radius 1 is 1.15 bits per heavy atom. The summed E-state index contributed by atoms with van der Waals surface area (Å²) in [4.78, 5) is 31.6. The Morgan fingerprint density at radius 3 is 2.42 bits per heavy atom. The topological polar surface area (TPSA) is 69.9 Å². The first-order valence-electron chi connectivity index (χ1n) is 10.4. The van der Waals surface area contributed by atoms with Gasteiger partial charge in [0.05, 0.1) is 35.1 Å². The molecule has 2 aromatic carbocycles. The van der Waals surface area contributed by atoms with Gasteiger partial charge in [-0.3, -0.25) is 9.36 Å². The molecule has 1 atom stereocenters. The summed E-state index contributed by atoms with van der Waals surface area (Å²) in [7, 11) is 1.57. The lowest BCUT2D eigenvalue weighted by atomic mass is 9.96. The summed E-state index contributed by atoms with van der Waals surface area (Å²) in [6.07, 6.45) is 1.37. The monoisotopic (exact) mass is 466 g/mol. The molecule has 8 heteroatoms. The summed E-state index contributed by atoms with van der Waals surface area (Å²) >= 11 is 1.22. The van der Waals surface area contributed by atoms with Gasteiger partial charge in [0.25, 0.3) is 5.56 Å². The van der Waals surface area contributed by atoms with Crippen LogP contribution < -0.4 is 19.6 Å².